The third-order valence-corrected chi connectivity index (χ3v) is 4.87. The molecule has 0 amide bonds. The van der Waals surface area contributed by atoms with Crippen LogP contribution in [0.3, 0.4) is 0 Å². The molecule has 0 N–H and O–H groups in total. The second-order valence-corrected chi connectivity index (χ2v) is 7.38. The van der Waals surface area contributed by atoms with Gasteiger partial charge in [0, 0.05) is 0 Å². The Hall–Kier alpha value is -0.380. The van der Waals surface area contributed by atoms with Gasteiger partial charge in [0.05, 0.1) is 12.7 Å². The molecule has 0 radical (unpaired) electrons. The van der Waals surface area contributed by atoms with Gasteiger partial charge in [-0.25, -0.2) is 0 Å². The summed E-state index contributed by atoms with van der Waals surface area (Å²) in [6, 6.07) is 2.25. The largest absolute Gasteiger partial charge is 0.348 e. The number of hydrogen-bond acceptors (Lipinski definition) is 3. The van der Waals surface area contributed by atoms with Crippen LogP contribution in [0.15, 0.2) is 16.8 Å². The third kappa shape index (κ3) is 6.94. The maximum atomic E-state index is 5.82. The van der Waals surface area contributed by atoms with Gasteiger partial charge in [-0.2, -0.15) is 11.3 Å². The van der Waals surface area contributed by atoms with E-state index in [4.69, 9.17) is 9.47 Å². The number of hydrogen-bond donors (Lipinski definition) is 0. The zero-order valence-corrected chi connectivity index (χ0v) is 14.4. The van der Waals surface area contributed by atoms with E-state index in [1.807, 2.05) is 25.2 Å². The fraction of sp³-hybridized carbons (Fsp3) is 0.778. The van der Waals surface area contributed by atoms with Crippen LogP contribution in [-0.4, -0.2) is 18.5 Å². The van der Waals surface area contributed by atoms with Crippen LogP contribution in [-0.2, 0) is 15.9 Å². The van der Waals surface area contributed by atoms with Crippen LogP contribution >= 0.6 is 11.3 Å². The molecule has 1 aromatic heterocycles. The first kappa shape index (κ1) is 17.0. The average molecular weight is 311 g/mol. The highest BCUT2D eigenvalue weighted by atomic mass is 32.1. The maximum absolute atomic E-state index is 5.82. The molecule has 0 aromatic carbocycles. The van der Waals surface area contributed by atoms with Crippen LogP contribution in [0, 0.1) is 0 Å². The molecule has 1 aromatic rings. The van der Waals surface area contributed by atoms with E-state index in [-0.39, 0.29) is 5.79 Å². The summed E-state index contributed by atoms with van der Waals surface area (Å²) in [5.74, 6) is -0.354. The summed E-state index contributed by atoms with van der Waals surface area (Å²) in [5, 5.41) is 4.45. The van der Waals surface area contributed by atoms with E-state index in [2.05, 4.69) is 16.8 Å². The Morgan fingerprint density at radius 3 is 2.43 bits per heavy atom. The van der Waals surface area contributed by atoms with Gasteiger partial charge in [0.15, 0.2) is 5.79 Å². The lowest BCUT2D eigenvalue weighted by atomic mass is 10.0. The molecule has 0 aliphatic carbocycles. The Labute approximate surface area is 133 Å². The van der Waals surface area contributed by atoms with Gasteiger partial charge in [-0.3, -0.25) is 0 Å². The van der Waals surface area contributed by atoms with Crippen LogP contribution in [0.4, 0.5) is 0 Å². The standard InChI is InChI=1S/C18H30O2S/c1-18(2)19-14-17(20-18)11-9-7-5-3-4-6-8-10-16-12-13-21-15-16/h12-13,15,17H,3-11,14H2,1-2H3. The summed E-state index contributed by atoms with van der Waals surface area (Å²) in [6.07, 6.45) is 12.2. The van der Waals surface area contributed by atoms with E-state index >= 15 is 0 Å². The third-order valence-electron chi connectivity index (χ3n) is 4.14. The Kier molecular flexibility index (Phi) is 7.21. The smallest absolute Gasteiger partial charge is 0.163 e. The molecule has 1 atom stereocenters. The van der Waals surface area contributed by atoms with E-state index in [0.717, 1.165) is 13.0 Å². The molecule has 0 bridgehead atoms. The van der Waals surface area contributed by atoms with Crippen molar-refractivity contribution in [2.75, 3.05) is 6.61 Å². The van der Waals surface area contributed by atoms with Crippen molar-refractivity contribution in [2.45, 2.75) is 83.5 Å². The summed E-state index contributed by atoms with van der Waals surface area (Å²) >= 11 is 1.81. The minimum atomic E-state index is -0.354. The lowest BCUT2D eigenvalue weighted by Crippen LogP contribution is -2.21. The Balaban J connectivity index is 1.36. The molecule has 0 saturated carbocycles. The highest BCUT2D eigenvalue weighted by Crippen LogP contribution is 2.25. The zero-order valence-electron chi connectivity index (χ0n) is 13.6. The predicted octanol–water partition coefficient (Wildman–Crippen LogP) is 5.56. The lowest BCUT2D eigenvalue weighted by molar-refractivity contribution is -0.139. The van der Waals surface area contributed by atoms with Crippen LogP contribution in [0.25, 0.3) is 0 Å². The molecule has 1 fully saturated rings. The minimum Gasteiger partial charge on any atom is -0.348 e. The van der Waals surface area contributed by atoms with Gasteiger partial charge in [0.1, 0.15) is 0 Å². The first-order valence-electron chi connectivity index (χ1n) is 8.48. The first-order valence-corrected chi connectivity index (χ1v) is 9.43. The molecule has 1 aliphatic heterocycles. The Bertz CT molecular complexity index is 373. The van der Waals surface area contributed by atoms with Crippen LogP contribution in [0.2, 0.25) is 0 Å². The van der Waals surface area contributed by atoms with Gasteiger partial charge in [-0.1, -0.05) is 38.5 Å². The average Bonchev–Trinajstić information content (AvgIpc) is 3.06. The first-order chi connectivity index (χ1) is 10.2. The van der Waals surface area contributed by atoms with E-state index < -0.39 is 0 Å². The van der Waals surface area contributed by atoms with Crippen LogP contribution < -0.4 is 0 Å². The van der Waals surface area contributed by atoms with Gasteiger partial charge in [0.2, 0.25) is 0 Å². The van der Waals surface area contributed by atoms with Gasteiger partial charge >= 0.3 is 0 Å². The fourth-order valence-electron chi connectivity index (χ4n) is 2.93. The Morgan fingerprint density at radius 2 is 1.81 bits per heavy atom. The van der Waals surface area contributed by atoms with Crippen molar-refractivity contribution in [3.05, 3.63) is 22.4 Å². The number of ether oxygens (including phenoxy) is 2. The van der Waals surface area contributed by atoms with Crippen LogP contribution in [0.5, 0.6) is 0 Å². The van der Waals surface area contributed by atoms with E-state index in [1.165, 1.54) is 56.9 Å². The van der Waals surface area contributed by atoms with Gasteiger partial charge < -0.3 is 9.47 Å². The minimum absolute atomic E-state index is 0.325. The molecule has 3 heteroatoms. The highest BCUT2D eigenvalue weighted by molar-refractivity contribution is 7.07. The SMILES string of the molecule is CC1(C)OCC(CCCCCCCCCc2ccsc2)O1. The lowest BCUT2D eigenvalue weighted by Gasteiger charge is -2.16. The van der Waals surface area contributed by atoms with E-state index in [0.29, 0.717) is 6.10 Å². The molecule has 0 spiro atoms. The summed E-state index contributed by atoms with van der Waals surface area (Å²) in [4.78, 5) is 0. The summed E-state index contributed by atoms with van der Waals surface area (Å²) in [5.41, 5.74) is 1.52. The molecule has 1 unspecified atom stereocenters. The molecule has 2 nitrogen and oxygen atoms in total. The van der Waals surface area contributed by atoms with Gasteiger partial charge in [-0.05, 0) is 55.5 Å². The Morgan fingerprint density at radius 1 is 1.10 bits per heavy atom. The number of thiophene rings is 1. The second kappa shape index (κ2) is 8.92. The number of unbranched alkanes of at least 4 members (excludes halogenated alkanes) is 6. The maximum Gasteiger partial charge on any atom is 0.163 e. The number of aryl methyl sites for hydroxylation is 1. The molecule has 1 saturated heterocycles. The predicted molar refractivity (Wildman–Crippen MR) is 89.9 cm³/mol. The molecule has 21 heavy (non-hydrogen) atoms. The van der Waals surface area contributed by atoms with Crippen molar-refractivity contribution in [3.8, 4) is 0 Å². The van der Waals surface area contributed by atoms with Gasteiger partial charge in [-0.15, -0.1) is 0 Å². The fourth-order valence-corrected chi connectivity index (χ4v) is 3.63. The normalized spacial score (nSPS) is 21.0. The van der Waals surface area contributed by atoms with Crippen LogP contribution in [0.1, 0.15) is 70.8 Å². The molecule has 2 rings (SSSR count). The van der Waals surface area contributed by atoms with E-state index in [1.54, 1.807) is 0 Å². The molecular formula is C18H30O2S. The topological polar surface area (TPSA) is 18.5 Å². The van der Waals surface area contributed by atoms with Crippen molar-refractivity contribution < 1.29 is 9.47 Å². The molecular weight excluding hydrogens is 280 g/mol. The molecule has 1 aliphatic rings. The summed E-state index contributed by atoms with van der Waals surface area (Å²) in [6.45, 7) is 4.78. The van der Waals surface area contributed by atoms with Crippen molar-refractivity contribution in [1.82, 2.24) is 0 Å². The molecule has 120 valence electrons. The summed E-state index contributed by atoms with van der Waals surface area (Å²) in [7, 11) is 0. The summed E-state index contributed by atoms with van der Waals surface area (Å²) < 4.78 is 11.4. The number of rotatable bonds is 10. The monoisotopic (exact) mass is 310 g/mol. The molecule has 2 heterocycles. The van der Waals surface area contributed by atoms with Crippen molar-refractivity contribution in [2.24, 2.45) is 0 Å². The quantitative estimate of drug-likeness (QED) is 0.526. The van der Waals surface area contributed by atoms with Crippen molar-refractivity contribution in [3.63, 3.8) is 0 Å². The zero-order chi connectivity index (χ0) is 15.0. The second-order valence-electron chi connectivity index (χ2n) is 6.60. The van der Waals surface area contributed by atoms with E-state index in [9.17, 15) is 0 Å². The van der Waals surface area contributed by atoms with Crippen molar-refractivity contribution in [1.29, 1.82) is 0 Å². The highest BCUT2D eigenvalue weighted by Gasteiger charge is 2.31. The van der Waals surface area contributed by atoms with Gasteiger partial charge in [0.25, 0.3) is 0 Å². The van der Waals surface area contributed by atoms with Crippen molar-refractivity contribution >= 4 is 11.3 Å².